The van der Waals surface area contributed by atoms with Crippen molar-refractivity contribution in [3.8, 4) is 0 Å². The molecule has 1 saturated carbocycles. The molecule has 0 N–H and O–H groups in total. The Balaban J connectivity index is 1.66. The Bertz CT molecular complexity index is 394. The van der Waals surface area contributed by atoms with E-state index in [1.807, 2.05) is 11.8 Å². The first-order valence-corrected chi connectivity index (χ1v) is 7.79. The average Bonchev–Trinajstić information content (AvgIpc) is 2.96. The lowest BCUT2D eigenvalue weighted by molar-refractivity contribution is 0.683. The smallest absolute Gasteiger partial charge is 0.00750 e. The first kappa shape index (κ1) is 11.0. The fourth-order valence-corrected chi connectivity index (χ4v) is 4.23. The summed E-state index contributed by atoms with van der Waals surface area (Å²) in [6.45, 7) is 0. The lowest BCUT2D eigenvalue weighted by atomic mass is 10.1. The summed E-state index contributed by atoms with van der Waals surface area (Å²) >= 11 is 6.49. The summed E-state index contributed by atoms with van der Waals surface area (Å²) in [5.41, 5.74) is 3.76. The number of thioether (sulfide) groups is 1. The molecule has 0 atom stereocenters. The molecule has 1 aromatic carbocycles. The van der Waals surface area contributed by atoms with E-state index in [1.165, 1.54) is 42.8 Å². The van der Waals surface area contributed by atoms with Gasteiger partial charge in [-0.15, -0.1) is 11.8 Å². The summed E-state index contributed by atoms with van der Waals surface area (Å²) in [5.74, 6) is 2.32. The maximum atomic E-state index is 4.46. The maximum absolute atomic E-state index is 4.46. The highest BCUT2D eigenvalue weighted by Crippen LogP contribution is 2.50. The molecule has 2 aliphatic carbocycles. The summed E-state index contributed by atoms with van der Waals surface area (Å²) < 4.78 is 0. The molecule has 3 rings (SSSR count). The van der Waals surface area contributed by atoms with Crippen molar-refractivity contribution in [3.05, 3.63) is 29.3 Å². The van der Waals surface area contributed by atoms with Gasteiger partial charge in [0.15, 0.2) is 0 Å². The number of hydrogen-bond donors (Lipinski definition) is 1. The number of fused-ring (bicyclic) bond motifs is 1. The molecule has 1 fully saturated rings. The molecule has 0 amide bonds. The summed E-state index contributed by atoms with van der Waals surface area (Å²) in [6, 6.07) is 7.07. The van der Waals surface area contributed by atoms with Crippen molar-refractivity contribution >= 4 is 24.4 Å². The predicted molar refractivity (Wildman–Crippen MR) is 74.7 cm³/mol. The molecule has 0 saturated heterocycles. The van der Waals surface area contributed by atoms with E-state index in [1.54, 1.807) is 11.1 Å². The highest BCUT2D eigenvalue weighted by Gasteiger charge is 2.40. The van der Waals surface area contributed by atoms with E-state index in [-0.39, 0.29) is 0 Å². The van der Waals surface area contributed by atoms with Gasteiger partial charge in [0.25, 0.3) is 0 Å². The topological polar surface area (TPSA) is 0 Å². The third-order valence-electron chi connectivity index (χ3n) is 3.91. The molecule has 0 unspecified atom stereocenters. The Hall–Kier alpha value is -0.0800. The molecule has 0 aromatic heterocycles. The van der Waals surface area contributed by atoms with Crippen molar-refractivity contribution in [2.75, 3.05) is 11.5 Å². The number of benzene rings is 1. The van der Waals surface area contributed by atoms with E-state index in [4.69, 9.17) is 0 Å². The fourth-order valence-electron chi connectivity index (χ4n) is 2.40. The second-order valence-electron chi connectivity index (χ2n) is 5.23. The molecule has 86 valence electrons. The standard InChI is InChI=1S/C14H18S2/c15-9-14(6-7-14)10-16-13-5-4-11-2-1-3-12(11)8-13/h4-5,8,15H,1-3,6-7,9-10H2. The molecule has 0 spiro atoms. The van der Waals surface area contributed by atoms with Gasteiger partial charge in [-0.1, -0.05) is 6.07 Å². The highest BCUT2D eigenvalue weighted by atomic mass is 32.2. The summed E-state index contributed by atoms with van der Waals surface area (Å²) in [4.78, 5) is 1.47. The number of aryl methyl sites for hydroxylation is 2. The Labute approximate surface area is 108 Å². The van der Waals surface area contributed by atoms with Crippen molar-refractivity contribution in [1.82, 2.24) is 0 Å². The molecule has 2 aliphatic rings. The van der Waals surface area contributed by atoms with Crippen molar-refractivity contribution < 1.29 is 0 Å². The maximum Gasteiger partial charge on any atom is 0.00750 e. The molecular weight excluding hydrogens is 232 g/mol. The van der Waals surface area contributed by atoms with Gasteiger partial charge in [0.1, 0.15) is 0 Å². The van der Waals surface area contributed by atoms with E-state index in [0.29, 0.717) is 5.41 Å². The van der Waals surface area contributed by atoms with Crippen molar-refractivity contribution in [2.24, 2.45) is 5.41 Å². The molecule has 2 heteroatoms. The van der Waals surface area contributed by atoms with E-state index in [9.17, 15) is 0 Å². The molecule has 0 radical (unpaired) electrons. The Kier molecular flexibility index (Phi) is 2.97. The molecule has 0 nitrogen and oxygen atoms in total. The quantitative estimate of drug-likeness (QED) is 0.623. The zero-order valence-electron chi connectivity index (χ0n) is 9.54. The summed E-state index contributed by atoms with van der Waals surface area (Å²) in [5, 5.41) is 0. The third-order valence-corrected chi connectivity index (χ3v) is 5.92. The minimum atomic E-state index is 0.576. The van der Waals surface area contributed by atoms with Crippen LogP contribution in [-0.4, -0.2) is 11.5 Å². The van der Waals surface area contributed by atoms with Gasteiger partial charge in [0, 0.05) is 10.6 Å². The van der Waals surface area contributed by atoms with Crippen LogP contribution in [0.5, 0.6) is 0 Å². The molecule has 16 heavy (non-hydrogen) atoms. The summed E-state index contributed by atoms with van der Waals surface area (Å²) in [7, 11) is 0. The predicted octanol–water partition coefficient (Wildman–Crippen LogP) is 3.98. The second-order valence-corrected chi connectivity index (χ2v) is 6.60. The fraction of sp³-hybridized carbons (Fsp3) is 0.571. The first-order chi connectivity index (χ1) is 7.81. The molecule has 0 bridgehead atoms. The van der Waals surface area contributed by atoms with Crippen LogP contribution in [0.25, 0.3) is 0 Å². The highest BCUT2D eigenvalue weighted by molar-refractivity contribution is 7.99. The van der Waals surface area contributed by atoms with Crippen LogP contribution in [0.4, 0.5) is 0 Å². The molecule has 0 heterocycles. The lowest BCUT2D eigenvalue weighted by Gasteiger charge is -2.11. The van der Waals surface area contributed by atoms with Crippen LogP contribution in [0.2, 0.25) is 0 Å². The Morgan fingerprint density at radius 2 is 2.00 bits per heavy atom. The van der Waals surface area contributed by atoms with E-state index in [0.717, 1.165) is 5.75 Å². The van der Waals surface area contributed by atoms with Crippen LogP contribution in [-0.2, 0) is 12.8 Å². The minimum absolute atomic E-state index is 0.576. The van der Waals surface area contributed by atoms with Crippen LogP contribution in [0.3, 0.4) is 0 Å². The van der Waals surface area contributed by atoms with E-state index in [2.05, 4.69) is 30.8 Å². The minimum Gasteiger partial charge on any atom is -0.179 e. The monoisotopic (exact) mass is 250 g/mol. The van der Waals surface area contributed by atoms with Gasteiger partial charge in [-0.25, -0.2) is 0 Å². The molecule has 1 aromatic rings. The van der Waals surface area contributed by atoms with Crippen molar-refractivity contribution in [2.45, 2.75) is 37.0 Å². The SMILES string of the molecule is SCC1(CSc2ccc3c(c2)CCC3)CC1. The Morgan fingerprint density at radius 3 is 2.75 bits per heavy atom. The number of rotatable bonds is 4. The van der Waals surface area contributed by atoms with Crippen LogP contribution in [0, 0.1) is 5.41 Å². The van der Waals surface area contributed by atoms with Gasteiger partial charge >= 0.3 is 0 Å². The largest absolute Gasteiger partial charge is 0.179 e. The first-order valence-electron chi connectivity index (χ1n) is 6.17. The van der Waals surface area contributed by atoms with Gasteiger partial charge in [-0.05, 0) is 66.5 Å². The van der Waals surface area contributed by atoms with Gasteiger partial charge in [0.2, 0.25) is 0 Å². The van der Waals surface area contributed by atoms with Crippen LogP contribution >= 0.6 is 24.4 Å². The van der Waals surface area contributed by atoms with E-state index >= 15 is 0 Å². The van der Waals surface area contributed by atoms with Gasteiger partial charge in [-0.3, -0.25) is 0 Å². The second kappa shape index (κ2) is 4.30. The number of hydrogen-bond acceptors (Lipinski definition) is 2. The molecular formula is C14H18S2. The normalized spacial score (nSPS) is 20.8. The summed E-state index contributed by atoms with van der Waals surface area (Å²) in [6.07, 6.45) is 6.70. The van der Waals surface area contributed by atoms with Gasteiger partial charge < -0.3 is 0 Å². The van der Waals surface area contributed by atoms with Crippen LogP contribution < -0.4 is 0 Å². The Morgan fingerprint density at radius 1 is 1.19 bits per heavy atom. The third kappa shape index (κ3) is 2.14. The molecule has 0 aliphatic heterocycles. The zero-order valence-corrected chi connectivity index (χ0v) is 11.2. The van der Waals surface area contributed by atoms with Gasteiger partial charge in [-0.2, -0.15) is 12.6 Å². The van der Waals surface area contributed by atoms with Crippen LogP contribution in [0.15, 0.2) is 23.1 Å². The van der Waals surface area contributed by atoms with Crippen molar-refractivity contribution in [3.63, 3.8) is 0 Å². The zero-order chi connectivity index (χ0) is 11.0. The van der Waals surface area contributed by atoms with Crippen molar-refractivity contribution in [1.29, 1.82) is 0 Å². The van der Waals surface area contributed by atoms with E-state index < -0.39 is 0 Å². The lowest BCUT2D eigenvalue weighted by Crippen LogP contribution is -2.05. The number of thiol groups is 1. The van der Waals surface area contributed by atoms with Crippen LogP contribution in [0.1, 0.15) is 30.4 Å². The van der Waals surface area contributed by atoms with Gasteiger partial charge in [0.05, 0.1) is 0 Å². The average molecular weight is 250 g/mol.